The zero-order valence-electron chi connectivity index (χ0n) is 7.94. The maximum absolute atomic E-state index is 11.7. The van der Waals surface area contributed by atoms with Crippen LogP contribution < -0.4 is 10.5 Å². The molecule has 1 aromatic rings. The van der Waals surface area contributed by atoms with E-state index in [1.54, 1.807) is 18.4 Å². The second-order valence-electron chi connectivity index (χ2n) is 2.81. The van der Waals surface area contributed by atoms with E-state index in [-0.39, 0.29) is 29.2 Å². The third-order valence-corrected chi connectivity index (χ3v) is 5.80. The fourth-order valence-electron chi connectivity index (χ4n) is 0.838. The summed E-state index contributed by atoms with van der Waals surface area (Å²) in [6.45, 7) is 2.00. The zero-order chi connectivity index (χ0) is 10.8. The number of rotatable bonds is 4. The van der Waals surface area contributed by atoms with Crippen LogP contribution in [0.2, 0.25) is 0 Å². The monoisotopic (exact) mass is 334 g/mol. The predicted molar refractivity (Wildman–Crippen MR) is 68.1 cm³/mol. The summed E-state index contributed by atoms with van der Waals surface area (Å²) in [4.78, 5) is 0. The van der Waals surface area contributed by atoms with Crippen molar-refractivity contribution in [3.8, 4) is 0 Å². The summed E-state index contributed by atoms with van der Waals surface area (Å²) in [5.74, 6) is 0. The Morgan fingerprint density at radius 2 is 2.27 bits per heavy atom. The van der Waals surface area contributed by atoms with Gasteiger partial charge in [0.15, 0.2) is 0 Å². The SMILES string of the molecule is C[C@H](CN)NS(=O)(=O)c1sccc1Br.Cl. The molecule has 0 radical (unpaired) electrons. The van der Waals surface area contributed by atoms with Crippen LogP contribution in [0.5, 0.6) is 0 Å². The first-order valence-electron chi connectivity index (χ1n) is 3.92. The Kier molecular flexibility index (Phi) is 6.31. The molecule has 0 aliphatic carbocycles. The quantitative estimate of drug-likeness (QED) is 0.877. The molecule has 8 heteroatoms. The molecule has 0 aliphatic rings. The molecule has 0 saturated carbocycles. The van der Waals surface area contributed by atoms with E-state index >= 15 is 0 Å². The van der Waals surface area contributed by atoms with Crippen molar-refractivity contribution in [3.05, 3.63) is 15.9 Å². The molecule has 0 bridgehead atoms. The second kappa shape index (κ2) is 6.17. The number of thiophene rings is 1. The molecule has 0 spiro atoms. The third kappa shape index (κ3) is 4.01. The topological polar surface area (TPSA) is 72.2 Å². The molecule has 1 aromatic heterocycles. The van der Waals surface area contributed by atoms with E-state index in [9.17, 15) is 8.42 Å². The Labute approximate surface area is 108 Å². The lowest BCUT2D eigenvalue weighted by Gasteiger charge is -2.10. The molecule has 0 saturated heterocycles. The van der Waals surface area contributed by atoms with Crippen molar-refractivity contribution in [1.82, 2.24) is 4.72 Å². The van der Waals surface area contributed by atoms with Gasteiger partial charge >= 0.3 is 0 Å². The van der Waals surface area contributed by atoms with Gasteiger partial charge in [-0.25, -0.2) is 13.1 Å². The van der Waals surface area contributed by atoms with Gasteiger partial charge in [0, 0.05) is 17.1 Å². The predicted octanol–water partition coefficient (Wildman–Crippen LogP) is 1.56. The molecule has 15 heavy (non-hydrogen) atoms. The summed E-state index contributed by atoms with van der Waals surface area (Å²) in [6, 6.07) is 1.45. The van der Waals surface area contributed by atoms with Gasteiger partial charge in [-0.1, -0.05) is 0 Å². The first kappa shape index (κ1) is 15.3. The van der Waals surface area contributed by atoms with Crippen LogP contribution in [0.4, 0.5) is 0 Å². The minimum Gasteiger partial charge on any atom is -0.329 e. The van der Waals surface area contributed by atoms with Crippen LogP contribution >= 0.6 is 39.7 Å². The molecule has 1 heterocycles. The Morgan fingerprint density at radius 3 is 2.67 bits per heavy atom. The van der Waals surface area contributed by atoms with Crippen LogP contribution in [-0.4, -0.2) is 21.0 Å². The minimum absolute atomic E-state index is 0. The van der Waals surface area contributed by atoms with Crippen molar-refractivity contribution < 1.29 is 8.42 Å². The first-order valence-corrected chi connectivity index (χ1v) is 7.08. The normalized spacial score (nSPS) is 13.3. The molecule has 1 rings (SSSR count). The summed E-state index contributed by atoms with van der Waals surface area (Å²) in [6.07, 6.45) is 0. The molecule has 1 atom stereocenters. The zero-order valence-corrected chi connectivity index (χ0v) is 12.0. The van der Waals surface area contributed by atoms with Crippen LogP contribution in [-0.2, 0) is 10.0 Å². The van der Waals surface area contributed by atoms with Crippen molar-refractivity contribution in [1.29, 1.82) is 0 Å². The van der Waals surface area contributed by atoms with Crippen molar-refractivity contribution in [2.24, 2.45) is 5.73 Å². The van der Waals surface area contributed by atoms with Gasteiger partial charge in [0.25, 0.3) is 10.0 Å². The summed E-state index contributed by atoms with van der Waals surface area (Å²) in [7, 11) is -3.42. The van der Waals surface area contributed by atoms with Gasteiger partial charge in [-0.3, -0.25) is 0 Å². The molecular weight excluding hydrogens is 324 g/mol. The smallest absolute Gasteiger partial charge is 0.251 e. The minimum atomic E-state index is -3.42. The number of hydrogen-bond acceptors (Lipinski definition) is 4. The van der Waals surface area contributed by atoms with Crippen LogP contribution in [0.25, 0.3) is 0 Å². The Hall–Kier alpha value is 0.340. The molecule has 0 aromatic carbocycles. The van der Waals surface area contributed by atoms with Gasteiger partial charge < -0.3 is 5.73 Å². The lowest BCUT2D eigenvalue weighted by Crippen LogP contribution is -2.37. The van der Waals surface area contributed by atoms with Crippen molar-refractivity contribution >= 4 is 49.7 Å². The van der Waals surface area contributed by atoms with Crippen LogP contribution in [0, 0.1) is 0 Å². The standard InChI is InChI=1S/C7H11BrN2O2S2.ClH/c1-5(4-9)10-14(11,12)7-6(8)2-3-13-7;/h2-3,5,10H,4,9H2,1H3;1H/t5-;/m1./s1. The van der Waals surface area contributed by atoms with E-state index in [0.717, 1.165) is 0 Å². The number of nitrogens with one attached hydrogen (secondary N) is 1. The average molecular weight is 336 g/mol. The second-order valence-corrected chi connectivity index (χ2v) is 6.49. The van der Waals surface area contributed by atoms with E-state index in [1.807, 2.05) is 0 Å². The van der Waals surface area contributed by atoms with Crippen molar-refractivity contribution in [2.45, 2.75) is 17.2 Å². The van der Waals surface area contributed by atoms with Gasteiger partial charge in [0.2, 0.25) is 0 Å². The summed E-state index contributed by atoms with van der Waals surface area (Å²) in [5, 5.41) is 1.71. The molecule has 0 amide bonds. The first-order chi connectivity index (χ1) is 6.47. The van der Waals surface area contributed by atoms with E-state index in [4.69, 9.17) is 5.73 Å². The number of halogens is 2. The maximum atomic E-state index is 11.7. The van der Waals surface area contributed by atoms with E-state index in [2.05, 4.69) is 20.7 Å². The third-order valence-electron chi connectivity index (χ3n) is 1.54. The van der Waals surface area contributed by atoms with Crippen LogP contribution in [0.3, 0.4) is 0 Å². The lowest BCUT2D eigenvalue weighted by atomic mass is 10.4. The van der Waals surface area contributed by atoms with Gasteiger partial charge in [-0.2, -0.15) is 0 Å². The summed E-state index contributed by atoms with van der Waals surface area (Å²) < 4.78 is 26.7. The largest absolute Gasteiger partial charge is 0.329 e. The summed E-state index contributed by atoms with van der Waals surface area (Å²) >= 11 is 4.34. The van der Waals surface area contributed by atoms with Crippen molar-refractivity contribution in [3.63, 3.8) is 0 Å². The van der Waals surface area contributed by atoms with E-state index < -0.39 is 10.0 Å². The Balaban J connectivity index is 0.00000196. The maximum Gasteiger partial charge on any atom is 0.251 e. The molecule has 0 fully saturated rings. The molecular formula is C7H12BrClN2O2S2. The molecule has 0 unspecified atom stereocenters. The van der Waals surface area contributed by atoms with Crippen molar-refractivity contribution in [2.75, 3.05) is 6.54 Å². The Morgan fingerprint density at radius 1 is 1.67 bits per heavy atom. The number of nitrogens with two attached hydrogens (primary N) is 1. The highest BCUT2D eigenvalue weighted by atomic mass is 79.9. The van der Waals surface area contributed by atoms with Gasteiger partial charge in [0.05, 0.1) is 0 Å². The Bertz CT molecular complexity index is 407. The van der Waals surface area contributed by atoms with E-state index in [0.29, 0.717) is 4.47 Å². The van der Waals surface area contributed by atoms with Crippen LogP contribution in [0.1, 0.15) is 6.92 Å². The fourth-order valence-corrected chi connectivity index (χ4v) is 4.45. The number of sulfonamides is 1. The molecule has 88 valence electrons. The molecule has 3 N–H and O–H groups in total. The fraction of sp³-hybridized carbons (Fsp3) is 0.429. The number of hydrogen-bond donors (Lipinski definition) is 2. The van der Waals surface area contributed by atoms with Gasteiger partial charge in [-0.05, 0) is 34.3 Å². The molecule has 4 nitrogen and oxygen atoms in total. The highest BCUT2D eigenvalue weighted by Crippen LogP contribution is 2.27. The van der Waals surface area contributed by atoms with Crippen LogP contribution in [0.15, 0.2) is 20.1 Å². The van der Waals surface area contributed by atoms with Gasteiger partial charge in [0.1, 0.15) is 4.21 Å². The lowest BCUT2D eigenvalue weighted by molar-refractivity contribution is 0.564. The highest BCUT2D eigenvalue weighted by Gasteiger charge is 2.20. The molecule has 0 aliphatic heterocycles. The highest BCUT2D eigenvalue weighted by molar-refractivity contribution is 9.10. The summed E-state index contributed by atoms with van der Waals surface area (Å²) in [5.41, 5.74) is 5.34. The van der Waals surface area contributed by atoms with E-state index in [1.165, 1.54) is 11.3 Å². The van der Waals surface area contributed by atoms with Gasteiger partial charge in [-0.15, -0.1) is 23.7 Å². The average Bonchev–Trinajstić information content (AvgIpc) is 2.51.